The molecule has 1 N–H and O–H groups in total. The summed E-state index contributed by atoms with van der Waals surface area (Å²) in [6.07, 6.45) is -0.307. The van der Waals surface area contributed by atoms with Crippen LogP contribution in [-0.2, 0) is 4.74 Å². The van der Waals surface area contributed by atoms with Crippen molar-refractivity contribution in [2.45, 2.75) is 52.3 Å². The number of hydrogen-bond donors (Lipinski definition) is 1. The minimum absolute atomic E-state index is 0.0772. The molecule has 39 heavy (non-hydrogen) atoms. The van der Waals surface area contributed by atoms with Gasteiger partial charge in [0, 0.05) is 24.8 Å². The SMILES string of the molecule is COc1nc2c(C(=O)Nc3ccc4c(c3)OCCO4)ccc(N3C[C@H](C)N(C(=O)OC(C)(C)C)[C@@H](C)C3)c2s1. The molecule has 208 valence electrons. The molecule has 2 amide bonds. The number of carbonyl (C=O) groups is 2. The second-order valence-electron chi connectivity index (χ2n) is 10.8. The molecule has 0 spiro atoms. The lowest BCUT2D eigenvalue weighted by Gasteiger charge is -2.45. The fraction of sp³-hybridized carbons (Fsp3) is 0.464. The van der Waals surface area contributed by atoms with Gasteiger partial charge in [0.15, 0.2) is 11.5 Å². The smallest absolute Gasteiger partial charge is 0.410 e. The topological polar surface area (TPSA) is 102 Å². The Bertz CT molecular complexity index is 1390. The number of aromatic nitrogens is 1. The molecular weight excluding hydrogens is 520 g/mol. The van der Waals surface area contributed by atoms with E-state index in [0.717, 1.165) is 10.4 Å². The van der Waals surface area contributed by atoms with E-state index in [0.29, 0.717) is 59.8 Å². The van der Waals surface area contributed by atoms with Crippen molar-refractivity contribution in [3.8, 4) is 16.7 Å². The Morgan fingerprint density at radius 3 is 2.41 bits per heavy atom. The molecule has 0 aliphatic carbocycles. The normalized spacial score (nSPS) is 19.1. The van der Waals surface area contributed by atoms with Crippen LogP contribution in [0.25, 0.3) is 10.2 Å². The van der Waals surface area contributed by atoms with Gasteiger partial charge in [0.2, 0.25) is 0 Å². The van der Waals surface area contributed by atoms with Gasteiger partial charge in [0.25, 0.3) is 11.1 Å². The second kappa shape index (κ2) is 10.4. The Morgan fingerprint density at radius 1 is 1.05 bits per heavy atom. The van der Waals surface area contributed by atoms with Crippen molar-refractivity contribution in [1.29, 1.82) is 0 Å². The zero-order valence-corrected chi connectivity index (χ0v) is 23.9. The maximum Gasteiger partial charge on any atom is 0.410 e. The first-order valence-electron chi connectivity index (χ1n) is 13.0. The van der Waals surface area contributed by atoms with Gasteiger partial charge in [0.05, 0.1) is 35.1 Å². The number of nitrogens with zero attached hydrogens (tertiary/aromatic N) is 3. The standard InChI is InChI=1S/C28H34N4O6S/c1-16-14-31(15-17(2)32(16)27(34)38-28(3,4)5)20-9-8-19(23-24(20)39-26(30-23)35-6)25(33)29-18-7-10-21-22(13-18)37-12-11-36-21/h7-10,13,16-17H,11-12,14-15H2,1-6H3,(H,29,33)/t16-,17-/m0/s1. The number of methoxy groups -OCH3 is 1. The van der Waals surface area contributed by atoms with Gasteiger partial charge in [0.1, 0.15) is 24.3 Å². The van der Waals surface area contributed by atoms with E-state index in [1.54, 1.807) is 36.3 Å². The molecule has 10 nitrogen and oxygen atoms in total. The zero-order chi connectivity index (χ0) is 27.9. The maximum absolute atomic E-state index is 13.4. The van der Waals surface area contributed by atoms with Gasteiger partial charge < -0.3 is 29.2 Å². The average Bonchev–Trinajstić information content (AvgIpc) is 3.31. The van der Waals surface area contributed by atoms with Crippen LogP contribution in [0.2, 0.25) is 0 Å². The largest absolute Gasteiger partial charge is 0.486 e. The molecule has 2 aromatic carbocycles. The van der Waals surface area contributed by atoms with E-state index in [9.17, 15) is 9.59 Å². The van der Waals surface area contributed by atoms with E-state index in [4.69, 9.17) is 18.9 Å². The van der Waals surface area contributed by atoms with E-state index >= 15 is 0 Å². The predicted octanol–water partition coefficient (Wildman–Crippen LogP) is 5.16. The number of carbonyl (C=O) groups excluding carboxylic acids is 2. The summed E-state index contributed by atoms with van der Waals surface area (Å²) < 4.78 is 23.2. The summed E-state index contributed by atoms with van der Waals surface area (Å²) in [4.78, 5) is 34.9. The highest BCUT2D eigenvalue weighted by Crippen LogP contribution is 2.39. The van der Waals surface area contributed by atoms with Gasteiger partial charge in [-0.3, -0.25) is 9.69 Å². The Kier molecular flexibility index (Phi) is 7.19. The quantitative estimate of drug-likeness (QED) is 0.472. The van der Waals surface area contributed by atoms with Crippen LogP contribution in [0.3, 0.4) is 0 Å². The van der Waals surface area contributed by atoms with Crippen LogP contribution >= 0.6 is 11.3 Å². The minimum atomic E-state index is -0.560. The molecule has 0 saturated carbocycles. The fourth-order valence-electron chi connectivity index (χ4n) is 5.01. The van der Waals surface area contributed by atoms with E-state index in [2.05, 4.69) is 15.2 Å². The number of nitrogens with one attached hydrogen (secondary N) is 1. The van der Waals surface area contributed by atoms with Gasteiger partial charge in [-0.1, -0.05) is 11.3 Å². The van der Waals surface area contributed by atoms with Crippen molar-refractivity contribution >= 4 is 44.9 Å². The third-order valence-electron chi connectivity index (χ3n) is 6.59. The average molecular weight is 555 g/mol. The first-order valence-corrected chi connectivity index (χ1v) is 13.8. The second-order valence-corrected chi connectivity index (χ2v) is 11.8. The van der Waals surface area contributed by atoms with Crippen molar-refractivity contribution in [1.82, 2.24) is 9.88 Å². The molecule has 2 atom stereocenters. The van der Waals surface area contributed by atoms with Crippen LogP contribution in [0.4, 0.5) is 16.2 Å². The van der Waals surface area contributed by atoms with Crippen LogP contribution in [0.1, 0.15) is 45.0 Å². The Labute approximate surface area is 231 Å². The van der Waals surface area contributed by atoms with Crippen LogP contribution in [-0.4, -0.2) is 73.0 Å². The summed E-state index contributed by atoms with van der Waals surface area (Å²) in [7, 11) is 1.57. The summed E-state index contributed by atoms with van der Waals surface area (Å²) >= 11 is 1.39. The lowest BCUT2D eigenvalue weighted by molar-refractivity contribution is 0.00567. The third-order valence-corrected chi connectivity index (χ3v) is 7.63. The first-order chi connectivity index (χ1) is 18.5. The summed E-state index contributed by atoms with van der Waals surface area (Å²) in [5, 5.41) is 3.43. The summed E-state index contributed by atoms with van der Waals surface area (Å²) in [6.45, 7) is 11.8. The number of amides is 2. The third kappa shape index (κ3) is 5.54. The molecule has 3 heterocycles. The molecule has 2 aliphatic rings. The molecule has 11 heteroatoms. The first kappa shape index (κ1) is 26.9. The van der Waals surface area contributed by atoms with E-state index < -0.39 is 5.60 Å². The molecule has 1 fully saturated rings. The molecule has 1 aromatic heterocycles. The fourth-order valence-corrected chi connectivity index (χ4v) is 5.96. The summed E-state index contributed by atoms with van der Waals surface area (Å²) in [5.74, 6) is 0.974. The number of hydrogen-bond acceptors (Lipinski definition) is 9. The minimum Gasteiger partial charge on any atom is -0.486 e. The van der Waals surface area contributed by atoms with Crippen molar-refractivity contribution in [3.05, 3.63) is 35.9 Å². The van der Waals surface area contributed by atoms with E-state index in [1.807, 2.05) is 40.7 Å². The van der Waals surface area contributed by atoms with Gasteiger partial charge >= 0.3 is 6.09 Å². The molecule has 1 saturated heterocycles. The molecule has 0 unspecified atom stereocenters. The van der Waals surface area contributed by atoms with Gasteiger partial charge in [-0.2, -0.15) is 0 Å². The van der Waals surface area contributed by atoms with Crippen molar-refractivity contribution in [3.63, 3.8) is 0 Å². The molecule has 2 aliphatic heterocycles. The molecule has 0 bridgehead atoms. The van der Waals surface area contributed by atoms with Crippen LogP contribution in [0.5, 0.6) is 16.7 Å². The number of anilines is 2. The summed E-state index contributed by atoms with van der Waals surface area (Å²) in [5.41, 5.74) is 2.00. The van der Waals surface area contributed by atoms with E-state index in [1.165, 1.54) is 11.3 Å². The highest BCUT2D eigenvalue weighted by atomic mass is 32.1. The zero-order valence-electron chi connectivity index (χ0n) is 23.1. The molecule has 3 aromatic rings. The molecular formula is C28H34N4O6S. The lowest BCUT2D eigenvalue weighted by Crippen LogP contribution is -2.59. The van der Waals surface area contributed by atoms with Crippen LogP contribution in [0, 0.1) is 0 Å². The van der Waals surface area contributed by atoms with Crippen molar-refractivity contribution in [2.24, 2.45) is 0 Å². The number of benzene rings is 2. The van der Waals surface area contributed by atoms with Crippen LogP contribution in [0.15, 0.2) is 30.3 Å². The van der Waals surface area contributed by atoms with Gasteiger partial charge in [-0.05, 0) is 58.9 Å². The number of ether oxygens (including phenoxy) is 4. The predicted molar refractivity (Wildman–Crippen MR) is 151 cm³/mol. The molecule has 0 radical (unpaired) electrons. The number of fused-ring (bicyclic) bond motifs is 2. The summed E-state index contributed by atoms with van der Waals surface area (Å²) in [6, 6.07) is 8.91. The number of piperazine rings is 1. The van der Waals surface area contributed by atoms with Gasteiger partial charge in [-0.25, -0.2) is 9.78 Å². The van der Waals surface area contributed by atoms with Crippen molar-refractivity contribution < 1.29 is 28.5 Å². The maximum atomic E-state index is 13.4. The Hall–Kier alpha value is -3.73. The Balaban J connectivity index is 1.41. The molecule has 5 rings (SSSR count). The van der Waals surface area contributed by atoms with Crippen LogP contribution < -0.4 is 24.4 Å². The van der Waals surface area contributed by atoms with Gasteiger partial charge in [-0.15, -0.1) is 0 Å². The number of thiazole rings is 1. The van der Waals surface area contributed by atoms with E-state index in [-0.39, 0.29) is 24.1 Å². The highest BCUT2D eigenvalue weighted by Gasteiger charge is 2.36. The Morgan fingerprint density at radius 2 is 1.74 bits per heavy atom. The highest BCUT2D eigenvalue weighted by molar-refractivity contribution is 7.21. The monoisotopic (exact) mass is 554 g/mol. The lowest BCUT2D eigenvalue weighted by atomic mass is 10.1. The van der Waals surface area contributed by atoms with Crippen molar-refractivity contribution in [2.75, 3.05) is 43.6 Å². The number of rotatable bonds is 4.